The molecule has 2 aliphatic rings. The highest BCUT2D eigenvalue weighted by Gasteiger charge is 2.34. The predicted octanol–water partition coefficient (Wildman–Crippen LogP) is 3.59. The summed E-state index contributed by atoms with van der Waals surface area (Å²) in [5.41, 5.74) is 8.19. The maximum atomic E-state index is 14.1. The fourth-order valence-corrected chi connectivity index (χ4v) is 3.88. The van der Waals surface area contributed by atoms with Gasteiger partial charge in [0.15, 0.2) is 0 Å². The van der Waals surface area contributed by atoms with E-state index in [-0.39, 0.29) is 17.0 Å². The first-order valence-electron chi connectivity index (χ1n) is 8.88. The Hall–Kier alpha value is -1.26. The van der Waals surface area contributed by atoms with E-state index in [1.807, 2.05) is 6.07 Å². The highest BCUT2D eigenvalue weighted by atomic mass is 19.1. The number of allylic oxidation sites excluding steroid dienone is 1. The van der Waals surface area contributed by atoms with Crippen molar-refractivity contribution in [1.29, 1.82) is 0 Å². The van der Waals surface area contributed by atoms with Crippen molar-refractivity contribution in [2.75, 3.05) is 6.61 Å². The minimum atomic E-state index is -1.19. The topological polar surface area (TPSA) is 44.5 Å². The molecule has 1 aliphatic carbocycles. The second kappa shape index (κ2) is 6.81. The molecule has 2 N–H and O–H groups in total. The van der Waals surface area contributed by atoms with Gasteiger partial charge in [-0.25, -0.2) is 4.39 Å². The molecule has 0 saturated carbocycles. The maximum absolute atomic E-state index is 14.1. The van der Waals surface area contributed by atoms with Crippen LogP contribution in [0.4, 0.5) is 4.39 Å². The zero-order valence-corrected chi connectivity index (χ0v) is 15.3. The molecule has 1 aromatic rings. The number of hydrogen-bond acceptors (Lipinski definition) is 3. The Kier molecular flexibility index (Phi) is 5.04. The molecule has 0 spiro atoms. The number of rotatable bonds is 4. The highest BCUT2D eigenvalue weighted by Crippen LogP contribution is 2.40. The van der Waals surface area contributed by atoms with Crippen LogP contribution in [0.1, 0.15) is 57.8 Å². The number of benzene rings is 1. The van der Waals surface area contributed by atoms with Crippen molar-refractivity contribution in [3.8, 4) is 5.75 Å². The molecule has 1 aliphatic heterocycles. The van der Waals surface area contributed by atoms with Crippen molar-refractivity contribution in [1.82, 2.24) is 0 Å². The third-order valence-corrected chi connectivity index (χ3v) is 5.38. The van der Waals surface area contributed by atoms with Crippen molar-refractivity contribution in [2.45, 2.75) is 57.9 Å². The van der Waals surface area contributed by atoms with Crippen molar-refractivity contribution >= 4 is 15.3 Å². The summed E-state index contributed by atoms with van der Waals surface area (Å²) in [7, 11) is 7.35. The summed E-state index contributed by atoms with van der Waals surface area (Å²) in [5.74, 6) is 0.0535. The van der Waals surface area contributed by atoms with E-state index < -0.39 is 5.62 Å². The molecule has 1 aromatic carbocycles. The maximum Gasteiger partial charge on any atom is 0.301 e. The summed E-state index contributed by atoms with van der Waals surface area (Å²) in [5, 5.41) is 0. The predicted molar refractivity (Wildman–Crippen MR) is 99.1 cm³/mol. The molecule has 131 valence electrons. The van der Waals surface area contributed by atoms with Crippen LogP contribution in [0.15, 0.2) is 29.3 Å². The molecule has 0 amide bonds. The van der Waals surface area contributed by atoms with Gasteiger partial charge in [-0.15, -0.1) is 0 Å². The summed E-state index contributed by atoms with van der Waals surface area (Å²) < 4.78 is 25.3. The standard InChI is InChI=1S/C19H25B2FNO2/c1-12-5-4-6-18(2,3)16(12)11-24-15-8-13(7-14(22)9-15)17-10-19(20,23)25-21-17/h7-9,17H,4-6,10-11,23H2,1-3H3. The third kappa shape index (κ3) is 4.29. The van der Waals surface area contributed by atoms with Gasteiger partial charge in [0.05, 0.1) is 5.62 Å². The monoisotopic (exact) mass is 340 g/mol. The summed E-state index contributed by atoms with van der Waals surface area (Å²) in [4.78, 5) is 0. The number of nitrogens with two attached hydrogens (primary N) is 1. The minimum absolute atomic E-state index is 0.129. The largest absolute Gasteiger partial charge is 0.489 e. The highest BCUT2D eigenvalue weighted by molar-refractivity contribution is 6.34. The SMILES string of the molecule is [B]C1(N)CC(c2cc(F)cc(OCC3=C(C)CCCC3(C)C)c2)[B]O1. The first-order valence-corrected chi connectivity index (χ1v) is 8.88. The fourth-order valence-electron chi connectivity index (χ4n) is 3.88. The Balaban J connectivity index is 1.75. The first-order chi connectivity index (χ1) is 11.7. The van der Waals surface area contributed by atoms with Crippen LogP contribution in [0.3, 0.4) is 0 Å². The van der Waals surface area contributed by atoms with E-state index in [1.54, 1.807) is 7.48 Å². The average Bonchev–Trinajstić information content (AvgIpc) is 2.86. The molecule has 2 unspecified atom stereocenters. The quantitative estimate of drug-likeness (QED) is 0.673. The van der Waals surface area contributed by atoms with E-state index in [4.69, 9.17) is 23.0 Å². The fraction of sp³-hybridized carbons (Fsp3) is 0.579. The lowest BCUT2D eigenvalue weighted by atomic mass is 9.72. The molecular formula is C19H25B2FNO2. The minimum Gasteiger partial charge on any atom is -0.489 e. The smallest absolute Gasteiger partial charge is 0.301 e. The molecule has 3 nitrogen and oxygen atoms in total. The normalized spacial score (nSPS) is 28.8. The molecule has 3 radical (unpaired) electrons. The van der Waals surface area contributed by atoms with Gasteiger partial charge in [-0.05, 0) is 67.1 Å². The number of halogens is 1. The zero-order chi connectivity index (χ0) is 18.2. The van der Waals surface area contributed by atoms with Gasteiger partial charge >= 0.3 is 7.48 Å². The van der Waals surface area contributed by atoms with E-state index in [1.165, 1.54) is 29.7 Å². The van der Waals surface area contributed by atoms with Crippen LogP contribution in [0, 0.1) is 11.2 Å². The number of hydrogen-bond donors (Lipinski definition) is 1. The molecule has 3 rings (SSSR count). The van der Waals surface area contributed by atoms with Crippen LogP contribution < -0.4 is 10.5 Å². The lowest BCUT2D eigenvalue weighted by molar-refractivity contribution is 0.198. The Morgan fingerprint density at radius 3 is 2.80 bits per heavy atom. The average molecular weight is 340 g/mol. The van der Waals surface area contributed by atoms with Gasteiger partial charge in [-0.2, -0.15) is 0 Å². The van der Waals surface area contributed by atoms with Gasteiger partial charge in [0, 0.05) is 6.07 Å². The Morgan fingerprint density at radius 1 is 1.40 bits per heavy atom. The molecular weight excluding hydrogens is 315 g/mol. The molecule has 2 atom stereocenters. The Labute approximate surface area is 151 Å². The van der Waals surface area contributed by atoms with Crippen LogP contribution in [0.25, 0.3) is 0 Å². The molecule has 6 heteroatoms. The summed E-state index contributed by atoms with van der Waals surface area (Å²) in [6.07, 6.45) is 3.89. The van der Waals surface area contributed by atoms with E-state index in [0.717, 1.165) is 18.4 Å². The molecule has 1 fully saturated rings. The van der Waals surface area contributed by atoms with Gasteiger partial charge in [0.2, 0.25) is 0 Å². The molecule has 25 heavy (non-hydrogen) atoms. The van der Waals surface area contributed by atoms with E-state index in [2.05, 4.69) is 20.8 Å². The third-order valence-electron chi connectivity index (χ3n) is 5.38. The van der Waals surface area contributed by atoms with Crippen LogP contribution in [-0.4, -0.2) is 27.6 Å². The van der Waals surface area contributed by atoms with Crippen molar-refractivity contribution in [3.63, 3.8) is 0 Å². The van der Waals surface area contributed by atoms with Crippen LogP contribution in [-0.2, 0) is 4.65 Å². The van der Waals surface area contributed by atoms with Crippen molar-refractivity contribution < 1.29 is 13.8 Å². The van der Waals surface area contributed by atoms with Crippen molar-refractivity contribution in [3.05, 3.63) is 40.7 Å². The molecule has 1 saturated heterocycles. The lowest BCUT2D eigenvalue weighted by Gasteiger charge is -2.34. The van der Waals surface area contributed by atoms with E-state index >= 15 is 0 Å². The van der Waals surface area contributed by atoms with Gasteiger partial charge in [0.1, 0.15) is 26.0 Å². The lowest BCUT2D eigenvalue weighted by Crippen LogP contribution is -2.39. The molecule has 1 heterocycles. The van der Waals surface area contributed by atoms with Crippen molar-refractivity contribution in [2.24, 2.45) is 11.1 Å². The van der Waals surface area contributed by atoms with Crippen LogP contribution >= 0.6 is 0 Å². The van der Waals surface area contributed by atoms with Gasteiger partial charge in [-0.1, -0.05) is 19.4 Å². The second-order valence-electron chi connectivity index (χ2n) is 8.02. The summed E-state index contributed by atoms with van der Waals surface area (Å²) >= 11 is 0. The summed E-state index contributed by atoms with van der Waals surface area (Å²) in [6.45, 7) is 7.16. The van der Waals surface area contributed by atoms with E-state index in [9.17, 15) is 4.39 Å². The van der Waals surface area contributed by atoms with Crippen LogP contribution in [0.5, 0.6) is 5.75 Å². The van der Waals surface area contributed by atoms with Gasteiger partial charge in [-0.3, -0.25) is 0 Å². The molecule has 0 bridgehead atoms. The molecule has 0 aromatic heterocycles. The second-order valence-corrected chi connectivity index (χ2v) is 8.02. The van der Waals surface area contributed by atoms with Gasteiger partial charge in [0.25, 0.3) is 0 Å². The Morgan fingerprint density at radius 2 is 2.16 bits per heavy atom. The van der Waals surface area contributed by atoms with Gasteiger partial charge < -0.3 is 15.1 Å². The van der Waals surface area contributed by atoms with E-state index in [0.29, 0.717) is 18.8 Å². The zero-order valence-electron chi connectivity index (χ0n) is 15.3. The number of ether oxygens (including phenoxy) is 1. The first kappa shape index (κ1) is 18.5. The van der Waals surface area contributed by atoms with Crippen LogP contribution in [0.2, 0.25) is 0 Å². The summed E-state index contributed by atoms with van der Waals surface area (Å²) in [6, 6.07) is 4.75. The Bertz CT molecular complexity index is 688.